The van der Waals surface area contributed by atoms with E-state index in [1.807, 2.05) is 32.9 Å². The van der Waals surface area contributed by atoms with Crippen molar-refractivity contribution in [2.24, 2.45) is 5.11 Å². The Morgan fingerprint density at radius 2 is 1.73 bits per heavy atom. The fraction of sp³-hybridized carbons (Fsp3) is 0.235. The predicted octanol–water partition coefficient (Wildman–Crippen LogP) is 5.25. The van der Waals surface area contributed by atoms with E-state index < -0.39 is 5.60 Å². The number of azide groups is 1. The van der Waals surface area contributed by atoms with E-state index in [0.717, 1.165) is 11.1 Å². The van der Waals surface area contributed by atoms with Crippen LogP contribution in [-0.2, 0) is 4.74 Å². The Bertz CT molecular complexity index is 742. The maximum absolute atomic E-state index is 12.1. The molecule has 0 amide bonds. The molecule has 0 heterocycles. The van der Waals surface area contributed by atoms with Crippen molar-refractivity contribution in [3.05, 3.63) is 64.5 Å². The van der Waals surface area contributed by atoms with Crippen LogP contribution in [0.25, 0.3) is 21.6 Å². The van der Waals surface area contributed by atoms with Crippen LogP contribution in [0.15, 0.2) is 53.6 Å². The second-order valence-electron chi connectivity index (χ2n) is 5.82. The molecule has 0 saturated carbocycles. The largest absolute Gasteiger partial charge is 0.456 e. The van der Waals surface area contributed by atoms with E-state index >= 15 is 0 Å². The van der Waals surface area contributed by atoms with Gasteiger partial charge in [-0.1, -0.05) is 35.4 Å². The highest BCUT2D eigenvalue weighted by molar-refractivity contribution is 5.91. The van der Waals surface area contributed by atoms with Gasteiger partial charge in [-0.05, 0) is 55.6 Å². The maximum atomic E-state index is 12.1. The van der Waals surface area contributed by atoms with Crippen molar-refractivity contribution < 1.29 is 9.53 Å². The molecule has 0 aromatic heterocycles. The van der Waals surface area contributed by atoms with Crippen molar-refractivity contribution >= 4 is 11.7 Å². The third-order valence-electron chi connectivity index (χ3n) is 2.84. The second kappa shape index (κ2) is 6.33. The Hall–Kier alpha value is -2.78. The minimum Gasteiger partial charge on any atom is -0.456 e. The Kier molecular flexibility index (Phi) is 4.49. The number of ether oxygens (including phenoxy) is 1. The quantitative estimate of drug-likeness (QED) is 0.335. The standard InChI is InChI=1S/C17H17N3O2/c1-17(2,3)22-16(21)14-8-4-6-12(10-14)13-7-5-9-15(11-13)19-20-18/h4-11H,1-3H3. The van der Waals surface area contributed by atoms with E-state index in [-0.39, 0.29) is 5.97 Å². The molecule has 2 aromatic carbocycles. The highest BCUT2D eigenvalue weighted by Crippen LogP contribution is 2.25. The molecule has 0 radical (unpaired) electrons. The average Bonchev–Trinajstić information content (AvgIpc) is 2.46. The molecule has 0 atom stereocenters. The number of hydrogen-bond acceptors (Lipinski definition) is 3. The molecular formula is C17H17N3O2. The lowest BCUT2D eigenvalue weighted by Crippen LogP contribution is -2.23. The zero-order valence-electron chi connectivity index (χ0n) is 12.8. The van der Waals surface area contributed by atoms with Gasteiger partial charge >= 0.3 is 5.97 Å². The molecule has 0 N–H and O–H groups in total. The first-order chi connectivity index (χ1) is 10.4. The Balaban J connectivity index is 2.34. The summed E-state index contributed by atoms with van der Waals surface area (Å²) in [6.45, 7) is 5.49. The lowest BCUT2D eigenvalue weighted by Gasteiger charge is -2.19. The highest BCUT2D eigenvalue weighted by Gasteiger charge is 2.18. The summed E-state index contributed by atoms with van der Waals surface area (Å²) in [5.74, 6) is -0.361. The van der Waals surface area contributed by atoms with Crippen LogP contribution in [0.1, 0.15) is 31.1 Å². The number of benzene rings is 2. The third-order valence-corrected chi connectivity index (χ3v) is 2.84. The highest BCUT2D eigenvalue weighted by atomic mass is 16.6. The molecule has 0 fully saturated rings. The van der Waals surface area contributed by atoms with Gasteiger partial charge < -0.3 is 4.74 Å². The maximum Gasteiger partial charge on any atom is 0.338 e. The molecule has 0 aliphatic heterocycles. The fourth-order valence-electron chi connectivity index (χ4n) is 1.96. The summed E-state index contributed by atoms with van der Waals surface area (Å²) in [5, 5.41) is 3.59. The zero-order valence-corrected chi connectivity index (χ0v) is 12.8. The number of nitrogens with zero attached hydrogens (tertiary/aromatic N) is 3. The minimum atomic E-state index is -0.533. The molecule has 112 valence electrons. The monoisotopic (exact) mass is 295 g/mol. The van der Waals surface area contributed by atoms with Crippen molar-refractivity contribution in [1.29, 1.82) is 0 Å². The first-order valence-electron chi connectivity index (χ1n) is 6.88. The Morgan fingerprint density at radius 3 is 2.36 bits per heavy atom. The van der Waals surface area contributed by atoms with Gasteiger partial charge in [0.15, 0.2) is 0 Å². The van der Waals surface area contributed by atoms with Crippen LogP contribution in [0.2, 0.25) is 0 Å². The van der Waals surface area contributed by atoms with Gasteiger partial charge in [0.2, 0.25) is 0 Å². The molecular weight excluding hydrogens is 278 g/mol. The van der Waals surface area contributed by atoms with E-state index in [2.05, 4.69) is 10.0 Å². The van der Waals surface area contributed by atoms with Crippen LogP contribution in [0.3, 0.4) is 0 Å². The van der Waals surface area contributed by atoms with E-state index in [0.29, 0.717) is 11.3 Å². The van der Waals surface area contributed by atoms with Crippen LogP contribution >= 0.6 is 0 Å². The number of esters is 1. The number of hydrogen-bond donors (Lipinski definition) is 0. The fourth-order valence-corrected chi connectivity index (χ4v) is 1.96. The normalized spacial score (nSPS) is 10.7. The first-order valence-corrected chi connectivity index (χ1v) is 6.88. The first kappa shape index (κ1) is 15.6. The Morgan fingerprint density at radius 1 is 1.09 bits per heavy atom. The Labute approximate surface area is 129 Å². The second-order valence-corrected chi connectivity index (χ2v) is 5.82. The molecule has 5 nitrogen and oxygen atoms in total. The van der Waals surface area contributed by atoms with E-state index in [9.17, 15) is 4.79 Å². The van der Waals surface area contributed by atoms with Crippen molar-refractivity contribution in [3.63, 3.8) is 0 Å². The van der Waals surface area contributed by atoms with Gasteiger partial charge in [-0.2, -0.15) is 0 Å². The van der Waals surface area contributed by atoms with Crippen molar-refractivity contribution in [2.75, 3.05) is 0 Å². The van der Waals surface area contributed by atoms with Gasteiger partial charge in [0.05, 0.1) is 5.56 Å². The predicted molar refractivity (Wildman–Crippen MR) is 85.9 cm³/mol. The van der Waals surface area contributed by atoms with E-state index in [1.54, 1.807) is 36.4 Å². The molecule has 0 bridgehead atoms. The van der Waals surface area contributed by atoms with Gasteiger partial charge in [-0.15, -0.1) is 0 Å². The molecule has 2 rings (SSSR count). The van der Waals surface area contributed by atoms with Gasteiger partial charge in [0.25, 0.3) is 0 Å². The molecule has 0 aliphatic rings. The zero-order chi connectivity index (χ0) is 16.2. The summed E-state index contributed by atoms with van der Waals surface area (Å²) < 4.78 is 5.37. The van der Waals surface area contributed by atoms with Crippen LogP contribution in [-0.4, -0.2) is 11.6 Å². The van der Waals surface area contributed by atoms with Crippen LogP contribution < -0.4 is 0 Å². The summed E-state index contributed by atoms with van der Waals surface area (Å²) in [6, 6.07) is 14.4. The molecule has 0 spiro atoms. The summed E-state index contributed by atoms with van der Waals surface area (Å²) >= 11 is 0. The average molecular weight is 295 g/mol. The number of rotatable bonds is 3. The van der Waals surface area contributed by atoms with Crippen LogP contribution in [0, 0.1) is 0 Å². The van der Waals surface area contributed by atoms with Gasteiger partial charge in [-0.25, -0.2) is 4.79 Å². The van der Waals surface area contributed by atoms with Crippen molar-refractivity contribution in [3.8, 4) is 11.1 Å². The number of carbonyl (C=O) groups excluding carboxylic acids is 1. The summed E-state index contributed by atoms with van der Waals surface area (Å²) in [5.41, 5.74) is 10.7. The number of carbonyl (C=O) groups is 1. The molecule has 0 unspecified atom stereocenters. The minimum absolute atomic E-state index is 0.361. The molecule has 0 saturated heterocycles. The lowest BCUT2D eigenvalue weighted by molar-refractivity contribution is 0.00696. The lowest BCUT2D eigenvalue weighted by atomic mass is 10.0. The topological polar surface area (TPSA) is 75.1 Å². The van der Waals surface area contributed by atoms with E-state index in [1.165, 1.54) is 0 Å². The summed E-state index contributed by atoms with van der Waals surface area (Å²) in [4.78, 5) is 14.9. The smallest absolute Gasteiger partial charge is 0.338 e. The van der Waals surface area contributed by atoms with Crippen molar-refractivity contribution in [2.45, 2.75) is 26.4 Å². The van der Waals surface area contributed by atoms with Gasteiger partial charge in [0.1, 0.15) is 5.60 Å². The van der Waals surface area contributed by atoms with Crippen LogP contribution in [0.5, 0.6) is 0 Å². The summed E-state index contributed by atoms with van der Waals surface area (Å²) in [7, 11) is 0. The van der Waals surface area contributed by atoms with E-state index in [4.69, 9.17) is 10.3 Å². The molecule has 5 heteroatoms. The third kappa shape index (κ3) is 4.11. The summed E-state index contributed by atoms with van der Waals surface area (Å²) in [6.07, 6.45) is 0. The molecule has 2 aromatic rings. The SMILES string of the molecule is CC(C)(C)OC(=O)c1cccc(-c2cccc(N=[N+]=[N-])c2)c1. The molecule has 0 aliphatic carbocycles. The van der Waals surface area contributed by atoms with Crippen molar-refractivity contribution in [1.82, 2.24) is 0 Å². The van der Waals surface area contributed by atoms with Gasteiger partial charge in [-0.3, -0.25) is 0 Å². The van der Waals surface area contributed by atoms with Crippen LogP contribution in [0.4, 0.5) is 5.69 Å². The van der Waals surface area contributed by atoms with Gasteiger partial charge in [0, 0.05) is 10.6 Å². The molecule has 22 heavy (non-hydrogen) atoms.